The van der Waals surface area contributed by atoms with Crippen molar-refractivity contribution in [3.05, 3.63) is 42.4 Å². The molecule has 1 saturated carbocycles. The van der Waals surface area contributed by atoms with E-state index in [1.54, 1.807) is 4.31 Å². The summed E-state index contributed by atoms with van der Waals surface area (Å²) in [4.78, 5) is 7.95. The van der Waals surface area contributed by atoms with Crippen LogP contribution in [0.4, 0.5) is 0 Å². The fourth-order valence-corrected chi connectivity index (χ4v) is 6.56. The van der Waals surface area contributed by atoms with E-state index in [1.165, 1.54) is 0 Å². The van der Waals surface area contributed by atoms with E-state index in [2.05, 4.69) is 9.97 Å². The highest BCUT2D eigenvalue weighted by atomic mass is 32.2. The van der Waals surface area contributed by atoms with Crippen LogP contribution in [0.2, 0.25) is 0 Å². The normalized spacial score (nSPS) is 23.2. The quantitative estimate of drug-likeness (QED) is 0.870. The molecule has 1 saturated heterocycles. The number of H-pyrrole nitrogens is 1. The van der Waals surface area contributed by atoms with Crippen molar-refractivity contribution in [2.45, 2.75) is 62.7 Å². The Labute approximate surface area is 155 Å². The average Bonchev–Trinajstić information content (AvgIpc) is 3.19. The standard InChI is InChI=1S/C20H27N3O2S/c24-26(25,17-11-5-2-6-12-17)23-14-8-7-13-19(23)20-21-15-18(22-20)16-9-3-1-4-10-16/h1,3-4,9-10,15,17,19H,2,5-8,11-14H2,(H,21,22). The average molecular weight is 374 g/mol. The van der Waals surface area contributed by atoms with Crippen LogP contribution in [0.1, 0.15) is 63.2 Å². The smallest absolute Gasteiger partial charge is 0.217 e. The van der Waals surface area contributed by atoms with Gasteiger partial charge in [0, 0.05) is 6.54 Å². The van der Waals surface area contributed by atoms with Gasteiger partial charge in [-0.1, -0.05) is 56.0 Å². The Kier molecular flexibility index (Phi) is 5.14. The summed E-state index contributed by atoms with van der Waals surface area (Å²) in [5, 5.41) is -0.208. The molecule has 1 aliphatic carbocycles. The lowest BCUT2D eigenvalue weighted by Gasteiger charge is -2.37. The molecule has 1 aliphatic heterocycles. The molecule has 2 fully saturated rings. The molecular weight excluding hydrogens is 346 g/mol. The van der Waals surface area contributed by atoms with E-state index in [1.807, 2.05) is 36.5 Å². The molecule has 6 heteroatoms. The fourth-order valence-electron chi connectivity index (χ4n) is 4.31. The molecule has 140 valence electrons. The second kappa shape index (κ2) is 7.53. The summed E-state index contributed by atoms with van der Waals surface area (Å²) in [7, 11) is -3.26. The number of hydrogen-bond donors (Lipinski definition) is 1. The number of hydrogen-bond acceptors (Lipinski definition) is 3. The Balaban J connectivity index is 1.61. The maximum Gasteiger partial charge on any atom is 0.217 e. The lowest BCUT2D eigenvalue weighted by Crippen LogP contribution is -2.44. The molecule has 1 N–H and O–H groups in total. The highest BCUT2D eigenvalue weighted by molar-refractivity contribution is 7.89. The Morgan fingerprint density at radius 3 is 2.46 bits per heavy atom. The van der Waals surface area contributed by atoms with Crippen LogP contribution in [0.15, 0.2) is 36.5 Å². The van der Waals surface area contributed by atoms with Crippen LogP contribution in [-0.2, 0) is 10.0 Å². The van der Waals surface area contributed by atoms with E-state index in [9.17, 15) is 8.42 Å². The van der Waals surface area contributed by atoms with Crippen molar-refractivity contribution < 1.29 is 8.42 Å². The van der Waals surface area contributed by atoms with E-state index in [0.29, 0.717) is 6.54 Å². The minimum atomic E-state index is -3.26. The zero-order valence-electron chi connectivity index (χ0n) is 15.1. The van der Waals surface area contributed by atoms with Gasteiger partial charge in [-0.15, -0.1) is 0 Å². The summed E-state index contributed by atoms with van der Waals surface area (Å²) in [5.74, 6) is 0.780. The zero-order chi connectivity index (χ0) is 18.0. The van der Waals surface area contributed by atoms with Gasteiger partial charge in [0.05, 0.1) is 23.2 Å². The van der Waals surface area contributed by atoms with Gasteiger partial charge in [0.2, 0.25) is 10.0 Å². The van der Waals surface area contributed by atoms with Crippen molar-refractivity contribution in [2.75, 3.05) is 6.54 Å². The molecule has 1 aromatic heterocycles. The lowest BCUT2D eigenvalue weighted by molar-refractivity contribution is 0.242. The molecule has 5 nitrogen and oxygen atoms in total. The predicted octanol–water partition coefficient (Wildman–Crippen LogP) is 4.27. The second-order valence-corrected chi connectivity index (χ2v) is 9.64. The van der Waals surface area contributed by atoms with Crippen LogP contribution < -0.4 is 0 Å². The molecule has 2 heterocycles. The van der Waals surface area contributed by atoms with Crippen molar-refractivity contribution in [2.24, 2.45) is 0 Å². The molecule has 0 spiro atoms. The maximum atomic E-state index is 13.3. The number of nitrogens with zero attached hydrogens (tertiary/aromatic N) is 2. The molecule has 1 atom stereocenters. The van der Waals surface area contributed by atoms with Gasteiger partial charge in [-0.2, -0.15) is 4.31 Å². The van der Waals surface area contributed by atoms with Crippen LogP contribution in [0.5, 0.6) is 0 Å². The summed E-state index contributed by atoms with van der Waals surface area (Å²) in [5.41, 5.74) is 2.02. The van der Waals surface area contributed by atoms with E-state index in [0.717, 1.165) is 68.4 Å². The van der Waals surface area contributed by atoms with E-state index < -0.39 is 10.0 Å². The minimum Gasteiger partial charge on any atom is -0.341 e. The van der Waals surface area contributed by atoms with E-state index in [-0.39, 0.29) is 11.3 Å². The van der Waals surface area contributed by atoms with Gasteiger partial charge < -0.3 is 4.98 Å². The van der Waals surface area contributed by atoms with Crippen LogP contribution in [0.3, 0.4) is 0 Å². The highest BCUT2D eigenvalue weighted by Crippen LogP contribution is 2.36. The molecule has 26 heavy (non-hydrogen) atoms. The van der Waals surface area contributed by atoms with Gasteiger partial charge >= 0.3 is 0 Å². The third-order valence-corrected chi connectivity index (χ3v) is 8.15. The van der Waals surface area contributed by atoms with Gasteiger partial charge in [-0.05, 0) is 31.2 Å². The zero-order valence-corrected chi connectivity index (χ0v) is 15.9. The van der Waals surface area contributed by atoms with E-state index >= 15 is 0 Å². The maximum absolute atomic E-state index is 13.3. The van der Waals surface area contributed by atoms with Gasteiger partial charge in [0.25, 0.3) is 0 Å². The molecule has 1 aromatic carbocycles. The van der Waals surface area contributed by atoms with Crippen molar-refractivity contribution >= 4 is 10.0 Å². The first-order valence-corrected chi connectivity index (χ1v) is 11.3. The first kappa shape index (κ1) is 17.7. The second-order valence-electron chi connectivity index (χ2n) is 7.48. The number of piperidine rings is 1. The first-order valence-electron chi connectivity index (χ1n) is 9.77. The van der Waals surface area contributed by atoms with Crippen molar-refractivity contribution in [1.82, 2.24) is 14.3 Å². The molecule has 0 bridgehead atoms. The van der Waals surface area contributed by atoms with Crippen LogP contribution >= 0.6 is 0 Å². The van der Waals surface area contributed by atoms with Gasteiger partial charge in [-0.3, -0.25) is 0 Å². The summed E-state index contributed by atoms with van der Waals surface area (Å²) in [6, 6.07) is 9.89. The Hall–Kier alpha value is -1.66. The molecular formula is C20H27N3O2S. The van der Waals surface area contributed by atoms with Crippen LogP contribution in [0.25, 0.3) is 11.3 Å². The molecule has 2 aromatic rings. The number of nitrogens with one attached hydrogen (secondary N) is 1. The molecule has 0 radical (unpaired) electrons. The van der Waals surface area contributed by atoms with Crippen LogP contribution in [-0.4, -0.2) is 34.5 Å². The monoisotopic (exact) mass is 373 g/mol. The third-order valence-electron chi connectivity index (χ3n) is 5.75. The topological polar surface area (TPSA) is 66.1 Å². The Morgan fingerprint density at radius 2 is 1.69 bits per heavy atom. The summed E-state index contributed by atoms with van der Waals surface area (Å²) in [6.07, 6.45) is 9.48. The number of aromatic amines is 1. The molecule has 1 unspecified atom stereocenters. The molecule has 4 rings (SSSR count). The summed E-state index contributed by atoms with van der Waals surface area (Å²) in [6.45, 7) is 0.616. The number of sulfonamides is 1. The number of imidazole rings is 1. The summed E-state index contributed by atoms with van der Waals surface area (Å²) < 4.78 is 28.3. The minimum absolute atomic E-state index is 0.159. The number of benzene rings is 1. The third kappa shape index (κ3) is 3.45. The Bertz CT molecular complexity index is 826. The predicted molar refractivity (Wildman–Crippen MR) is 103 cm³/mol. The lowest BCUT2D eigenvalue weighted by atomic mass is 10.0. The largest absolute Gasteiger partial charge is 0.341 e. The van der Waals surface area contributed by atoms with Crippen molar-refractivity contribution in [3.63, 3.8) is 0 Å². The van der Waals surface area contributed by atoms with Gasteiger partial charge in [0.15, 0.2) is 0 Å². The fraction of sp³-hybridized carbons (Fsp3) is 0.550. The van der Waals surface area contributed by atoms with Crippen molar-refractivity contribution in [3.8, 4) is 11.3 Å². The Morgan fingerprint density at radius 1 is 0.962 bits per heavy atom. The SMILES string of the molecule is O=S(=O)(C1CCCCC1)N1CCCCC1c1ncc(-c2ccccc2)[nH]1. The van der Waals surface area contributed by atoms with E-state index in [4.69, 9.17) is 0 Å². The highest BCUT2D eigenvalue weighted by Gasteiger charge is 2.39. The first-order chi connectivity index (χ1) is 12.7. The number of aromatic nitrogens is 2. The van der Waals surface area contributed by atoms with Gasteiger partial charge in [0.1, 0.15) is 5.82 Å². The molecule has 0 amide bonds. The van der Waals surface area contributed by atoms with Crippen LogP contribution in [0, 0.1) is 0 Å². The summed E-state index contributed by atoms with van der Waals surface area (Å²) >= 11 is 0. The molecule has 2 aliphatic rings. The van der Waals surface area contributed by atoms with Gasteiger partial charge in [-0.25, -0.2) is 13.4 Å². The van der Waals surface area contributed by atoms with Crippen molar-refractivity contribution in [1.29, 1.82) is 0 Å². The number of rotatable bonds is 4.